The minimum absolute atomic E-state index is 0.0447. The second-order valence-corrected chi connectivity index (χ2v) is 5.27. The predicted molar refractivity (Wildman–Crippen MR) is 84.3 cm³/mol. The zero-order valence-electron chi connectivity index (χ0n) is 13.4. The van der Waals surface area contributed by atoms with E-state index in [1.165, 1.54) is 6.20 Å². The van der Waals surface area contributed by atoms with E-state index in [2.05, 4.69) is 10.3 Å². The summed E-state index contributed by atoms with van der Waals surface area (Å²) >= 11 is 0. The molecule has 2 heterocycles. The molecule has 0 radical (unpaired) electrons. The van der Waals surface area contributed by atoms with E-state index in [1.54, 1.807) is 32.2 Å². The van der Waals surface area contributed by atoms with Gasteiger partial charge in [-0.05, 0) is 25.5 Å². The molecule has 0 bridgehead atoms. The number of carbonyl (C=O) groups is 2. The predicted octanol–water partition coefficient (Wildman–Crippen LogP) is 1.86. The Morgan fingerprint density at radius 1 is 1.38 bits per heavy atom. The van der Waals surface area contributed by atoms with Gasteiger partial charge in [-0.25, -0.2) is 9.59 Å². The molecule has 1 aliphatic heterocycles. The van der Waals surface area contributed by atoms with Crippen LogP contribution in [0.15, 0.2) is 47.1 Å². The Labute approximate surface area is 139 Å². The number of esters is 1. The first-order valence-electron chi connectivity index (χ1n) is 7.33. The average molecular weight is 327 g/mol. The first-order chi connectivity index (χ1) is 11.5. The quantitative estimate of drug-likeness (QED) is 0.627. The van der Waals surface area contributed by atoms with Gasteiger partial charge in [-0.15, -0.1) is 0 Å². The van der Waals surface area contributed by atoms with Gasteiger partial charge in [0.2, 0.25) is 0 Å². The van der Waals surface area contributed by atoms with E-state index in [9.17, 15) is 14.7 Å². The van der Waals surface area contributed by atoms with Gasteiger partial charge in [0.1, 0.15) is 6.61 Å². The van der Waals surface area contributed by atoms with Crippen molar-refractivity contribution in [1.29, 1.82) is 5.26 Å². The fraction of sp³-hybridized carbons (Fsp3) is 0.294. The van der Waals surface area contributed by atoms with Crippen LogP contribution < -0.4 is 5.32 Å². The number of pyridine rings is 1. The van der Waals surface area contributed by atoms with Crippen molar-refractivity contribution < 1.29 is 19.4 Å². The number of ether oxygens (including phenoxy) is 1. The number of carboxylic acids is 1. The van der Waals surface area contributed by atoms with E-state index in [1.807, 2.05) is 6.07 Å². The van der Waals surface area contributed by atoms with Gasteiger partial charge >= 0.3 is 11.9 Å². The van der Waals surface area contributed by atoms with Crippen molar-refractivity contribution in [2.75, 3.05) is 6.61 Å². The second-order valence-electron chi connectivity index (χ2n) is 5.27. The molecular formula is C17H17N3O4. The summed E-state index contributed by atoms with van der Waals surface area (Å²) < 4.78 is 5.11. The molecule has 124 valence electrons. The SMILES string of the molecule is CC1=C(C(=O)O)C(c2cccnc2)C(C(=O)OCCC#N)=C(C)N1. The van der Waals surface area contributed by atoms with Crippen LogP contribution in [0.2, 0.25) is 0 Å². The summed E-state index contributed by atoms with van der Waals surface area (Å²) in [4.78, 5) is 28.2. The second kappa shape index (κ2) is 7.42. The highest BCUT2D eigenvalue weighted by molar-refractivity contribution is 5.99. The lowest BCUT2D eigenvalue weighted by Gasteiger charge is -2.29. The van der Waals surface area contributed by atoms with Crippen molar-refractivity contribution in [1.82, 2.24) is 10.3 Å². The van der Waals surface area contributed by atoms with Gasteiger partial charge in [0.25, 0.3) is 0 Å². The summed E-state index contributed by atoms with van der Waals surface area (Å²) in [7, 11) is 0. The molecule has 0 aromatic carbocycles. The van der Waals surface area contributed by atoms with Gasteiger partial charge in [0.15, 0.2) is 0 Å². The maximum Gasteiger partial charge on any atom is 0.336 e. The molecular weight excluding hydrogens is 310 g/mol. The zero-order chi connectivity index (χ0) is 17.7. The molecule has 0 aliphatic carbocycles. The van der Waals surface area contributed by atoms with Crippen LogP contribution >= 0.6 is 0 Å². The third-order valence-corrected chi connectivity index (χ3v) is 3.68. The first kappa shape index (κ1) is 17.2. The summed E-state index contributed by atoms with van der Waals surface area (Å²) in [5, 5.41) is 21.1. The molecule has 0 saturated carbocycles. The number of aliphatic carboxylic acids is 1. The van der Waals surface area contributed by atoms with Gasteiger partial charge in [-0.1, -0.05) is 6.07 Å². The molecule has 24 heavy (non-hydrogen) atoms. The Kier molecular flexibility index (Phi) is 5.32. The van der Waals surface area contributed by atoms with E-state index >= 15 is 0 Å². The maximum absolute atomic E-state index is 12.5. The number of dihydropyridines is 1. The fourth-order valence-corrected chi connectivity index (χ4v) is 2.70. The normalized spacial score (nSPS) is 17.1. The largest absolute Gasteiger partial charge is 0.478 e. The van der Waals surface area contributed by atoms with Crippen molar-refractivity contribution in [2.24, 2.45) is 0 Å². The number of hydrogen-bond donors (Lipinski definition) is 2. The van der Waals surface area contributed by atoms with Crippen LogP contribution in [0, 0.1) is 11.3 Å². The topological polar surface area (TPSA) is 112 Å². The van der Waals surface area contributed by atoms with Crippen LogP contribution in [-0.2, 0) is 14.3 Å². The lowest BCUT2D eigenvalue weighted by Crippen LogP contribution is -2.32. The molecule has 7 nitrogen and oxygen atoms in total. The highest BCUT2D eigenvalue weighted by atomic mass is 16.5. The van der Waals surface area contributed by atoms with E-state index in [0.717, 1.165) is 0 Å². The summed E-state index contributed by atoms with van der Waals surface area (Å²) in [5.74, 6) is -2.55. The van der Waals surface area contributed by atoms with Crippen molar-refractivity contribution in [3.63, 3.8) is 0 Å². The van der Waals surface area contributed by atoms with Crippen LogP contribution in [0.5, 0.6) is 0 Å². The monoisotopic (exact) mass is 327 g/mol. The molecule has 1 unspecified atom stereocenters. The van der Waals surface area contributed by atoms with Crippen LogP contribution in [0.1, 0.15) is 31.7 Å². The maximum atomic E-state index is 12.5. The first-order valence-corrected chi connectivity index (χ1v) is 7.33. The van der Waals surface area contributed by atoms with Crippen LogP contribution in [0.3, 0.4) is 0 Å². The summed E-state index contributed by atoms with van der Waals surface area (Å²) in [6.07, 6.45) is 3.18. The van der Waals surface area contributed by atoms with Crippen molar-refractivity contribution in [3.8, 4) is 6.07 Å². The summed E-state index contributed by atoms with van der Waals surface area (Å²) in [5.41, 5.74) is 1.85. The van der Waals surface area contributed by atoms with Gasteiger partial charge in [0, 0.05) is 23.8 Å². The van der Waals surface area contributed by atoms with E-state index in [0.29, 0.717) is 17.0 Å². The van der Waals surface area contributed by atoms with Gasteiger partial charge in [-0.2, -0.15) is 5.26 Å². The number of rotatable bonds is 5. The zero-order valence-corrected chi connectivity index (χ0v) is 13.4. The van der Waals surface area contributed by atoms with Gasteiger partial charge in [-0.3, -0.25) is 4.98 Å². The Bertz CT molecular complexity index is 760. The minimum Gasteiger partial charge on any atom is -0.478 e. The molecule has 0 saturated heterocycles. The Morgan fingerprint density at radius 3 is 2.67 bits per heavy atom. The number of aromatic nitrogens is 1. The molecule has 7 heteroatoms. The third-order valence-electron chi connectivity index (χ3n) is 3.68. The van der Waals surface area contributed by atoms with Gasteiger partial charge < -0.3 is 15.2 Å². The summed E-state index contributed by atoms with van der Waals surface area (Å²) in [6.45, 7) is 3.29. The standard InChI is InChI=1S/C17H17N3O4/c1-10-13(16(21)22)15(12-5-3-7-19-9-12)14(11(2)20-10)17(23)24-8-4-6-18/h3,5,7,9,15,20H,4,8H2,1-2H3,(H,21,22). The molecule has 2 rings (SSSR count). The molecule has 0 fully saturated rings. The van der Waals surface area contributed by atoms with Crippen molar-refractivity contribution >= 4 is 11.9 Å². The number of carbonyl (C=O) groups excluding carboxylic acids is 1. The molecule has 0 amide bonds. The number of nitrogens with zero attached hydrogens (tertiary/aromatic N) is 2. The molecule has 1 aliphatic rings. The molecule has 2 N–H and O–H groups in total. The summed E-state index contributed by atoms with van der Waals surface area (Å²) in [6, 6.07) is 5.29. The van der Waals surface area contributed by atoms with Crippen LogP contribution in [0.4, 0.5) is 0 Å². The Balaban J connectivity index is 2.50. The van der Waals surface area contributed by atoms with Gasteiger partial charge in [0.05, 0.1) is 29.6 Å². The van der Waals surface area contributed by atoms with Crippen LogP contribution in [-0.4, -0.2) is 28.6 Å². The number of nitrogens with one attached hydrogen (secondary N) is 1. The lowest BCUT2D eigenvalue weighted by molar-refractivity contribution is -0.139. The average Bonchev–Trinajstić information content (AvgIpc) is 2.54. The third kappa shape index (κ3) is 3.43. The Hall–Kier alpha value is -3.14. The molecule has 1 atom stereocenters. The highest BCUT2D eigenvalue weighted by Gasteiger charge is 2.37. The molecule has 0 spiro atoms. The number of carboxylic acid groups (broad SMARTS) is 1. The smallest absolute Gasteiger partial charge is 0.336 e. The number of allylic oxidation sites excluding steroid dienone is 2. The fourth-order valence-electron chi connectivity index (χ4n) is 2.70. The van der Waals surface area contributed by atoms with Crippen molar-refractivity contribution in [3.05, 3.63) is 52.6 Å². The van der Waals surface area contributed by atoms with E-state index in [-0.39, 0.29) is 24.2 Å². The molecule has 1 aromatic rings. The number of hydrogen-bond acceptors (Lipinski definition) is 6. The van der Waals surface area contributed by atoms with E-state index in [4.69, 9.17) is 10.00 Å². The number of nitriles is 1. The van der Waals surface area contributed by atoms with Crippen molar-refractivity contribution in [2.45, 2.75) is 26.2 Å². The Morgan fingerprint density at radius 2 is 2.08 bits per heavy atom. The minimum atomic E-state index is -1.12. The van der Waals surface area contributed by atoms with E-state index < -0.39 is 17.9 Å². The highest BCUT2D eigenvalue weighted by Crippen LogP contribution is 2.38. The lowest BCUT2D eigenvalue weighted by atomic mass is 9.81. The van der Waals surface area contributed by atoms with Crippen LogP contribution in [0.25, 0.3) is 0 Å². The molecule has 1 aromatic heterocycles.